The van der Waals surface area contributed by atoms with Gasteiger partial charge in [0.2, 0.25) is 0 Å². The number of aromatic carboxylic acids is 1. The Morgan fingerprint density at radius 1 is 1.47 bits per heavy atom. The van der Waals surface area contributed by atoms with Crippen molar-refractivity contribution in [1.82, 2.24) is 10.2 Å². The molecule has 0 amide bonds. The molecule has 1 aliphatic rings. The number of rotatable bonds is 2. The molecule has 0 radical (unpaired) electrons. The Morgan fingerprint density at radius 2 is 2.13 bits per heavy atom. The van der Waals surface area contributed by atoms with Crippen LogP contribution in [0.15, 0.2) is 6.07 Å². The van der Waals surface area contributed by atoms with Gasteiger partial charge < -0.3 is 5.11 Å². The van der Waals surface area contributed by atoms with Gasteiger partial charge in [-0.15, -0.1) is 0 Å². The van der Waals surface area contributed by atoms with Crippen molar-refractivity contribution in [1.29, 1.82) is 0 Å². The molecule has 0 aromatic carbocycles. The number of aromatic amines is 1. The summed E-state index contributed by atoms with van der Waals surface area (Å²) in [6, 6.07) is 1.67. The summed E-state index contributed by atoms with van der Waals surface area (Å²) in [4.78, 5) is 10.7. The number of carboxylic acid groups (broad SMARTS) is 1. The van der Waals surface area contributed by atoms with E-state index in [2.05, 4.69) is 17.1 Å². The second-order valence-electron chi connectivity index (χ2n) is 4.47. The minimum absolute atomic E-state index is 0.128. The largest absolute Gasteiger partial charge is 0.476 e. The van der Waals surface area contributed by atoms with E-state index < -0.39 is 5.97 Å². The van der Waals surface area contributed by atoms with Crippen LogP contribution in [0.1, 0.15) is 54.7 Å². The van der Waals surface area contributed by atoms with Crippen LogP contribution in [-0.2, 0) is 0 Å². The lowest BCUT2D eigenvalue weighted by atomic mass is 9.81. The highest BCUT2D eigenvalue weighted by atomic mass is 16.4. The van der Waals surface area contributed by atoms with E-state index in [0.717, 1.165) is 24.5 Å². The number of carbonyl (C=O) groups is 1. The van der Waals surface area contributed by atoms with Crippen molar-refractivity contribution >= 4 is 5.97 Å². The normalized spacial score (nSPS) is 26.5. The lowest BCUT2D eigenvalue weighted by Crippen LogP contribution is -2.11. The highest BCUT2D eigenvalue weighted by Crippen LogP contribution is 2.34. The molecule has 1 fully saturated rings. The zero-order valence-corrected chi connectivity index (χ0v) is 8.86. The molecule has 15 heavy (non-hydrogen) atoms. The van der Waals surface area contributed by atoms with Gasteiger partial charge in [0.15, 0.2) is 5.69 Å². The van der Waals surface area contributed by atoms with Gasteiger partial charge in [-0.3, -0.25) is 5.10 Å². The molecule has 4 nitrogen and oxygen atoms in total. The molecule has 82 valence electrons. The Balaban J connectivity index is 2.06. The molecule has 2 rings (SSSR count). The summed E-state index contributed by atoms with van der Waals surface area (Å²) in [6.07, 6.45) is 4.74. The Bertz CT molecular complexity index is 351. The van der Waals surface area contributed by atoms with Gasteiger partial charge in [-0.25, -0.2) is 4.79 Å². The molecule has 0 atom stereocenters. The molecule has 1 heterocycles. The standard InChI is InChI=1S/C11H16N2O2/c1-7-2-4-8(5-3-7)9-6-10(11(14)15)13-12-9/h6-8H,2-5H2,1H3,(H,12,13)(H,14,15). The number of aromatic nitrogens is 2. The van der Waals surface area contributed by atoms with Crippen molar-refractivity contribution in [3.8, 4) is 0 Å². The van der Waals surface area contributed by atoms with Gasteiger partial charge in [-0.05, 0) is 24.8 Å². The third-order valence-corrected chi connectivity index (χ3v) is 3.27. The van der Waals surface area contributed by atoms with E-state index in [-0.39, 0.29) is 5.69 Å². The molecule has 1 aromatic rings. The first-order valence-electron chi connectivity index (χ1n) is 5.45. The summed E-state index contributed by atoms with van der Waals surface area (Å²) in [7, 11) is 0. The van der Waals surface area contributed by atoms with Crippen LogP contribution in [0.2, 0.25) is 0 Å². The van der Waals surface area contributed by atoms with E-state index in [9.17, 15) is 4.79 Å². The molecule has 2 N–H and O–H groups in total. The Labute approximate surface area is 88.7 Å². The van der Waals surface area contributed by atoms with Crippen LogP contribution >= 0.6 is 0 Å². The number of nitrogens with one attached hydrogen (secondary N) is 1. The second kappa shape index (κ2) is 4.04. The van der Waals surface area contributed by atoms with Crippen molar-refractivity contribution < 1.29 is 9.90 Å². The molecule has 0 saturated heterocycles. The number of H-pyrrole nitrogens is 1. The van der Waals surface area contributed by atoms with Crippen molar-refractivity contribution in [3.05, 3.63) is 17.5 Å². The third-order valence-electron chi connectivity index (χ3n) is 3.27. The monoisotopic (exact) mass is 208 g/mol. The zero-order chi connectivity index (χ0) is 10.8. The maximum Gasteiger partial charge on any atom is 0.356 e. The molecule has 4 heteroatoms. The minimum atomic E-state index is -0.957. The topological polar surface area (TPSA) is 66.0 Å². The first kappa shape index (κ1) is 10.2. The number of hydrogen-bond donors (Lipinski definition) is 2. The quantitative estimate of drug-likeness (QED) is 0.784. The molecular formula is C11H16N2O2. The summed E-state index contributed by atoms with van der Waals surface area (Å²) in [5, 5.41) is 15.4. The van der Waals surface area contributed by atoms with Crippen molar-refractivity contribution in [2.24, 2.45) is 5.92 Å². The van der Waals surface area contributed by atoms with Crippen LogP contribution < -0.4 is 0 Å². The van der Waals surface area contributed by atoms with Gasteiger partial charge in [0, 0.05) is 11.6 Å². The van der Waals surface area contributed by atoms with Gasteiger partial charge in [-0.1, -0.05) is 19.8 Å². The van der Waals surface area contributed by atoms with Crippen LogP contribution in [-0.4, -0.2) is 21.3 Å². The van der Waals surface area contributed by atoms with E-state index in [0.29, 0.717) is 5.92 Å². The fourth-order valence-electron chi connectivity index (χ4n) is 2.23. The first-order valence-corrected chi connectivity index (χ1v) is 5.45. The van der Waals surface area contributed by atoms with Gasteiger partial charge in [0.1, 0.15) is 0 Å². The fourth-order valence-corrected chi connectivity index (χ4v) is 2.23. The molecular weight excluding hydrogens is 192 g/mol. The highest BCUT2D eigenvalue weighted by Gasteiger charge is 2.22. The maximum absolute atomic E-state index is 10.7. The summed E-state index contributed by atoms with van der Waals surface area (Å²) >= 11 is 0. The summed E-state index contributed by atoms with van der Waals surface area (Å²) < 4.78 is 0. The summed E-state index contributed by atoms with van der Waals surface area (Å²) in [5.41, 5.74) is 1.11. The van der Waals surface area contributed by atoms with Crippen LogP contribution in [0.25, 0.3) is 0 Å². The van der Waals surface area contributed by atoms with E-state index in [1.807, 2.05) is 0 Å². The van der Waals surface area contributed by atoms with Crippen molar-refractivity contribution in [2.75, 3.05) is 0 Å². The number of hydrogen-bond acceptors (Lipinski definition) is 2. The second-order valence-corrected chi connectivity index (χ2v) is 4.47. The minimum Gasteiger partial charge on any atom is -0.476 e. The van der Waals surface area contributed by atoms with E-state index >= 15 is 0 Å². The molecule has 1 saturated carbocycles. The van der Waals surface area contributed by atoms with Gasteiger partial charge >= 0.3 is 5.97 Å². The van der Waals surface area contributed by atoms with Crippen LogP contribution in [0.4, 0.5) is 0 Å². The first-order chi connectivity index (χ1) is 7.16. The lowest BCUT2D eigenvalue weighted by molar-refractivity contribution is 0.0690. The Hall–Kier alpha value is -1.32. The predicted molar refractivity (Wildman–Crippen MR) is 55.9 cm³/mol. The van der Waals surface area contributed by atoms with E-state index in [1.54, 1.807) is 6.07 Å². The molecule has 0 unspecified atom stereocenters. The average Bonchev–Trinajstić information content (AvgIpc) is 2.68. The van der Waals surface area contributed by atoms with Crippen LogP contribution in [0, 0.1) is 5.92 Å². The smallest absolute Gasteiger partial charge is 0.356 e. The van der Waals surface area contributed by atoms with E-state index in [1.165, 1.54) is 12.8 Å². The highest BCUT2D eigenvalue weighted by molar-refractivity contribution is 5.85. The van der Waals surface area contributed by atoms with Crippen molar-refractivity contribution in [2.45, 2.75) is 38.5 Å². The van der Waals surface area contributed by atoms with Crippen LogP contribution in [0.3, 0.4) is 0 Å². The SMILES string of the molecule is CC1CCC(c2cc(C(=O)O)n[nH]2)CC1. The van der Waals surface area contributed by atoms with Crippen molar-refractivity contribution in [3.63, 3.8) is 0 Å². The Morgan fingerprint density at radius 3 is 2.67 bits per heavy atom. The molecule has 1 aliphatic carbocycles. The van der Waals surface area contributed by atoms with Gasteiger partial charge in [0.25, 0.3) is 0 Å². The third kappa shape index (κ3) is 2.19. The molecule has 0 bridgehead atoms. The lowest BCUT2D eigenvalue weighted by Gasteiger charge is -2.24. The zero-order valence-electron chi connectivity index (χ0n) is 8.86. The molecule has 1 aromatic heterocycles. The Kier molecular flexibility index (Phi) is 2.75. The number of carboxylic acids is 1. The number of nitrogens with zero attached hydrogens (tertiary/aromatic N) is 1. The van der Waals surface area contributed by atoms with Crippen LogP contribution in [0.5, 0.6) is 0 Å². The molecule has 0 aliphatic heterocycles. The average molecular weight is 208 g/mol. The summed E-state index contributed by atoms with van der Waals surface area (Å²) in [5.74, 6) is 0.326. The fraction of sp³-hybridized carbons (Fsp3) is 0.636. The molecule has 0 spiro atoms. The van der Waals surface area contributed by atoms with E-state index in [4.69, 9.17) is 5.11 Å². The van der Waals surface area contributed by atoms with Gasteiger partial charge in [0.05, 0.1) is 0 Å². The van der Waals surface area contributed by atoms with Gasteiger partial charge in [-0.2, -0.15) is 5.10 Å². The maximum atomic E-state index is 10.7. The predicted octanol–water partition coefficient (Wildman–Crippen LogP) is 2.40. The summed E-state index contributed by atoms with van der Waals surface area (Å²) in [6.45, 7) is 2.27.